The van der Waals surface area contributed by atoms with Crippen LogP contribution in [0.5, 0.6) is 5.75 Å². The minimum Gasteiger partial charge on any atom is -0.484 e. The van der Waals surface area contributed by atoms with Gasteiger partial charge < -0.3 is 10.1 Å². The third-order valence-corrected chi connectivity index (χ3v) is 5.53. The van der Waals surface area contributed by atoms with E-state index in [-0.39, 0.29) is 22.2 Å². The fraction of sp³-hybridized carbons (Fsp3) is 0.188. The molecule has 0 aliphatic rings. The second kappa shape index (κ2) is 8.05. The number of carbonyl (C=O) groups is 1. The predicted octanol–water partition coefficient (Wildman–Crippen LogP) is 3.26. The molecule has 2 aromatic rings. The number of rotatable bonds is 6. The number of benzene rings is 2. The van der Waals surface area contributed by atoms with Crippen LogP contribution in [0.4, 0.5) is 5.69 Å². The van der Waals surface area contributed by atoms with Gasteiger partial charge in [0.1, 0.15) is 5.75 Å². The van der Waals surface area contributed by atoms with E-state index in [4.69, 9.17) is 27.9 Å². The first-order chi connectivity index (χ1) is 11.7. The summed E-state index contributed by atoms with van der Waals surface area (Å²) in [6.07, 6.45) is 0. The van der Waals surface area contributed by atoms with Crippen molar-refractivity contribution in [3.63, 3.8) is 0 Å². The Morgan fingerprint density at radius 2 is 1.88 bits per heavy atom. The van der Waals surface area contributed by atoms with Gasteiger partial charge in [0, 0.05) is 19.1 Å². The molecule has 1 amide bonds. The number of hydrogen-bond acceptors (Lipinski definition) is 4. The number of sulfonamides is 1. The highest BCUT2D eigenvalue weighted by molar-refractivity contribution is 7.89. The Morgan fingerprint density at radius 3 is 2.52 bits per heavy atom. The van der Waals surface area contributed by atoms with Gasteiger partial charge in [0.15, 0.2) is 6.61 Å². The van der Waals surface area contributed by atoms with Crippen molar-refractivity contribution < 1.29 is 17.9 Å². The van der Waals surface area contributed by atoms with Crippen molar-refractivity contribution in [2.45, 2.75) is 4.90 Å². The molecule has 0 spiro atoms. The molecule has 25 heavy (non-hydrogen) atoms. The number of halogens is 2. The van der Waals surface area contributed by atoms with Gasteiger partial charge in [0.05, 0.1) is 15.6 Å². The quantitative estimate of drug-likeness (QED) is 0.804. The maximum atomic E-state index is 12.2. The summed E-state index contributed by atoms with van der Waals surface area (Å²) in [6, 6.07) is 10.7. The van der Waals surface area contributed by atoms with Crippen molar-refractivity contribution in [1.82, 2.24) is 4.31 Å². The average molecular weight is 403 g/mol. The van der Waals surface area contributed by atoms with E-state index in [2.05, 4.69) is 5.32 Å². The van der Waals surface area contributed by atoms with Gasteiger partial charge in [-0.05, 0) is 36.4 Å². The van der Waals surface area contributed by atoms with Crippen LogP contribution in [0, 0.1) is 0 Å². The highest BCUT2D eigenvalue weighted by Crippen LogP contribution is 2.26. The number of nitrogens with one attached hydrogen (secondary N) is 1. The van der Waals surface area contributed by atoms with Crippen molar-refractivity contribution in [2.75, 3.05) is 26.0 Å². The molecular weight excluding hydrogens is 387 g/mol. The minimum absolute atomic E-state index is 0.0213. The lowest BCUT2D eigenvalue weighted by Gasteiger charge is -2.14. The lowest BCUT2D eigenvalue weighted by Crippen LogP contribution is -2.23. The van der Waals surface area contributed by atoms with E-state index in [1.54, 1.807) is 24.3 Å². The average Bonchev–Trinajstić information content (AvgIpc) is 2.55. The van der Waals surface area contributed by atoms with E-state index in [9.17, 15) is 13.2 Å². The molecule has 0 radical (unpaired) electrons. The zero-order valence-corrected chi connectivity index (χ0v) is 15.8. The van der Waals surface area contributed by atoms with Crippen LogP contribution in [0.25, 0.3) is 0 Å². The Hall–Kier alpha value is -1.80. The summed E-state index contributed by atoms with van der Waals surface area (Å²) in [6.45, 7) is -0.276. The Kier molecular flexibility index (Phi) is 6.29. The standard InChI is InChI=1S/C16H16Cl2N2O4S/c1-20(2)25(22,23)13-6-7-14(18)15(9-13)19-16(21)10-24-12-5-3-4-11(17)8-12/h3-9H,10H2,1-2H3,(H,19,21). The first kappa shape index (κ1) is 19.5. The molecule has 0 heterocycles. The van der Waals surface area contributed by atoms with E-state index in [0.717, 1.165) is 4.31 Å². The second-order valence-corrected chi connectivity index (χ2v) is 8.22. The van der Waals surface area contributed by atoms with Crippen LogP contribution in [0.2, 0.25) is 10.0 Å². The first-order valence-corrected chi connectivity index (χ1v) is 9.30. The molecule has 0 aliphatic heterocycles. The molecular formula is C16H16Cl2N2O4S. The molecule has 0 unspecified atom stereocenters. The van der Waals surface area contributed by atoms with E-state index >= 15 is 0 Å². The maximum Gasteiger partial charge on any atom is 0.262 e. The van der Waals surface area contributed by atoms with Gasteiger partial charge in [-0.2, -0.15) is 0 Å². The number of hydrogen-bond donors (Lipinski definition) is 1. The minimum atomic E-state index is -3.63. The normalized spacial score (nSPS) is 11.4. The molecule has 9 heteroatoms. The molecule has 0 saturated heterocycles. The lowest BCUT2D eigenvalue weighted by atomic mass is 10.3. The molecule has 0 aromatic heterocycles. The Labute approximate surface area is 156 Å². The number of carbonyl (C=O) groups excluding carboxylic acids is 1. The zero-order valence-electron chi connectivity index (χ0n) is 13.5. The summed E-state index contributed by atoms with van der Waals surface area (Å²) < 4.78 is 30.7. The largest absolute Gasteiger partial charge is 0.484 e. The van der Waals surface area contributed by atoms with Crippen LogP contribution in [0.1, 0.15) is 0 Å². The highest BCUT2D eigenvalue weighted by atomic mass is 35.5. The Bertz CT molecular complexity index is 885. The van der Waals surface area contributed by atoms with Gasteiger partial charge in [0.2, 0.25) is 10.0 Å². The zero-order chi connectivity index (χ0) is 18.6. The molecule has 0 aliphatic carbocycles. The van der Waals surface area contributed by atoms with Crippen molar-refractivity contribution in [3.05, 3.63) is 52.5 Å². The van der Waals surface area contributed by atoms with E-state index in [1.165, 1.54) is 32.3 Å². The van der Waals surface area contributed by atoms with Crippen LogP contribution in [0.3, 0.4) is 0 Å². The van der Waals surface area contributed by atoms with Gasteiger partial charge in [-0.15, -0.1) is 0 Å². The van der Waals surface area contributed by atoms with Gasteiger partial charge in [-0.1, -0.05) is 29.3 Å². The summed E-state index contributed by atoms with van der Waals surface area (Å²) in [5.74, 6) is -0.0426. The van der Waals surface area contributed by atoms with Gasteiger partial charge in [-0.25, -0.2) is 12.7 Å². The lowest BCUT2D eigenvalue weighted by molar-refractivity contribution is -0.118. The summed E-state index contributed by atoms with van der Waals surface area (Å²) in [7, 11) is -0.799. The topological polar surface area (TPSA) is 75.7 Å². The molecule has 0 saturated carbocycles. The third kappa shape index (κ3) is 5.09. The molecule has 134 valence electrons. The summed E-state index contributed by atoms with van der Waals surface area (Å²) in [4.78, 5) is 12.1. The van der Waals surface area contributed by atoms with E-state index in [0.29, 0.717) is 10.8 Å². The number of nitrogens with zero attached hydrogens (tertiary/aromatic N) is 1. The number of amides is 1. The predicted molar refractivity (Wildman–Crippen MR) is 97.9 cm³/mol. The SMILES string of the molecule is CN(C)S(=O)(=O)c1ccc(Cl)c(NC(=O)COc2cccc(Cl)c2)c1. The molecule has 6 nitrogen and oxygen atoms in total. The van der Waals surface area contributed by atoms with E-state index in [1.807, 2.05) is 0 Å². The highest BCUT2D eigenvalue weighted by Gasteiger charge is 2.19. The molecule has 1 N–H and O–H groups in total. The van der Waals surface area contributed by atoms with Crippen molar-refractivity contribution >= 4 is 44.8 Å². The fourth-order valence-electron chi connectivity index (χ4n) is 1.86. The summed E-state index contributed by atoms with van der Waals surface area (Å²) in [5.41, 5.74) is 0.185. The van der Waals surface area contributed by atoms with Gasteiger partial charge >= 0.3 is 0 Å². The van der Waals surface area contributed by atoms with Crippen LogP contribution in [-0.2, 0) is 14.8 Å². The third-order valence-electron chi connectivity index (χ3n) is 3.16. The molecule has 0 bridgehead atoms. The summed E-state index contributed by atoms with van der Waals surface area (Å²) >= 11 is 11.9. The Morgan fingerprint density at radius 1 is 1.16 bits per heavy atom. The van der Waals surface area contributed by atoms with Gasteiger partial charge in [0.25, 0.3) is 5.91 Å². The fourth-order valence-corrected chi connectivity index (χ4v) is 3.14. The maximum absolute atomic E-state index is 12.2. The second-order valence-electron chi connectivity index (χ2n) is 5.22. The van der Waals surface area contributed by atoms with Crippen LogP contribution in [0.15, 0.2) is 47.4 Å². The molecule has 0 atom stereocenters. The molecule has 2 aromatic carbocycles. The summed E-state index contributed by atoms with van der Waals surface area (Å²) in [5, 5.41) is 3.24. The van der Waals surface area contributed by atoms with Crippen LogP contribution < -0.4 is 10.1 Å². The van der Waals surface area contributed by atoms with Crippen LogP contribution >= 0.6 is 23.2 Å². The number of ether oxygens (including phenoxy) is 1. The smallest absolute Gasteiger partial charge is 0.262 e. The molecule has 2 rings (SSSR count). The van der Waals surface area contributed by atoms with Crippen molar-refractivity contribution in [3.8, 4) is 5.75 Å². The van der Waals surface area contributed by atoms with Crippen molar-refractivity contribution in [2.24, 2.45) is 0 Å². The monoisotopic (exact) mass is 402 g/mol. The van der Waals surface area contributed by atoms with Crippen molar-refractivity contribution in [1.29, 1.82) is 0 Å². The van der Waals surface area contributed by atoms with Crippen LogP contribution in [-0.4, -0.2) is 39.3 Å². The Balaban J connectivity index is 2.10. The molecule has 0 fully saturated rings. The van der Waals surface area contributed by atoms with E-state index < -0.39 is 15.9 Å². The van der Waals surface area contributed by atoms with Gasteiger partial charge in [-0.3, -0.25) is 4.79 Å². The number of anilines is 1. The first-order valence-electron chi connectivity index (χ1n) is 7.10.